The number of hydrogen-bond donors (Lipinski definition) is 3. The van der Waals surface area contributed by atoms with E-state index in [0.717, 1.165) is 5.56 Å². The summed E-state index contributed by atoms with van der Waals surface area (Å²) in [7, 11) is 1.50. The number of amides is 2. The molecule has 0 saturated carbocycles. The maximum atomic E-state index is 12.2. The van der Waals surface area contributed by atoms with Crippen molar-refractivity contribution < 1.29 is 19.1 Å². The highest BCUT2D eigenvalue weighted by molar-refractivity contribution is 6.07. The van der Waals surface area contributed by atoms with Gasteiger partial charge in [-0.2, -0.15) is 5.26 Å². The van der Waals surface area contributed by atoms with Crippen LogP contribution in [0.5, 0.6) is 5.75 Å². The molecule has 0 aliphatic rings. The zero-order valence-corrected chi connectivity index (χ0v) is 14.5. The van der Waals surface area contributed by atoms with E-state index >= 15 is 0 Å². The first-order valence-corrected chi connectivity index (χ1v) is 7.72. The van der Waals surface area contributed by atoms with Crippen LogP contribution in [-0.4, -0.2) is 38.8 Å². The number of nitriles is 1. The van der Waals surface area contributed by atoms with Crippen molar-refractivity contribution in [2.24, 2.45) is 0 Å². The molecule has 0 saturated heterocycles. The number of nitrogens with zero attached hydrogens (tertiary/aromatic N) is 1. The van der Waals surface area contributed by atoms with Gasteiger partial charge in [0, 0.05) is 19.3 Å². The van der Waals surface area contributed by atoms with E-state index in [9.17, 15) is 9.59 Å². The second kappa shape index (κ2) is 10.5. The second-order valence-electron chi connectivity index (χ2n) is 4.93. The van der Waals surface area contributed by atoms with E-state index in [-0.39, 0.29) is 5.57 Å². The molecular formula is C17H22N4O4. The van der Waals surface area contributed by atoms with E-state index in [4.69, 9.17) is 14.7 Å². The van der Waals surface area contributed by atoms with Crippen LogP contribution < -0.4 is 20.7 Å². The number of methoxy groups -OCH3 is 1. The van der Waals surface area contributed by atoms with Crippen molar-refractivity contribution in [1.29, 1.82) is 5.26 Å². The van der Waals surface area contributed by atoms with Crippen LogP contribution in [0.3, 0.4) is 0 Å². The van der Waals surface area contributed by atoms with Gasteiger partial charge in [-0.3, -0.25) is 4.79 Å². The highest BCUT2D eigenvalue weighted by atomic mass is 16.5. The molecule has 0 atom stereocenters. The standard InChI is InChI=1S/C17H22N4O4/c1-4-25-17(23)20-8-7-19-11-13(10-18)16(22)21-14-9-12(2)5-6-15(14)24-3/h5-6,9,11,19H,4,7-8H2,1-3H3,(H,20,23)(H,21,22)/b13-11-. The number of carbonyl (C=O) groups is 2. The first kappa shape index (κ1) is 19.8. The van der Waals surface area contributed by atoms with Crippen molar-refractivity contribution in [2.45, 2.75) is 13.8 Å². The summed E-state index contributed by atoms with van der Waals surface area (Å²) in [6, 6.07) is 7.17. The third kappa shape index (κ3) is 6.83. The first-order valence-electron chi connectivity index (χ1n) is 7.72. The molecule has 0 bridgehead atoms. The molecule has 0 aliphatic heterocycles. The van der Waals surface area contributed by atoms with E-state index in [1.54, 1.807) is 19.1 Å². The van der Waals surface area contributed by atoms with Crippen molar-refractivity contribution in [2.75, 3.05) is 32.1 Å². The highest BCUT2D eigenvalue weighted by Crippen LogP contribution is 2.25. The van der Waals surface area contributed by atoms with Gasteiger partial charge in [-0.25, -0.2) is 4.79 Å². The molecule has 0 heterocycles. The summed E-state index contributed by atoms with van der Waals surface area (Å²) in [5.74, 6) is -0.0555. The van der Waals surface area contributed by atoms with Crippen molar-refractivity contribution in [3.63, 3.8) is 0 Å². The molecule has 0 aromatic heterocycles. The normalized spacial score (nSPS) is 10.4. The Hall–Kier alpha value is -3.21. The fraction of sp³-hybridized carbons (Fsp3) is 0.353. The van der Waals surface area contributed by atoms with Crippen LogP contribution in [0.2, 0.25) is 0 Å². The number of benzene rings is 1. The van der Waals surface area contributed by atoms with Crippen LogP contribution in [0.1, 0.15) is 12.5 Å². The van der Waals surface area contributed by atoms with Gasteiger partial charge in [0.05, 0.1) is 19.4 Å². The molecule has 0 radical (unpaired) electrons. The maximum absolute atomic E-state index is 12.2. The maximum Gasteiger partial charge on any atom is 0.407 e. The summed E-state index contributed by atoms with van der Waals surface area (Å²) in [6.45, 7) is 4.52. The van der Waals surface area contributed by atoms with Gasteiger partial charge in [0.25, 0.3) is 5.91 Å². The van der Waals surface area contributed by atoms with E-state index in [1.165, 1.54) is 13.3 Å². The minimum absolute atomic E-state index is 0.0975. The number of aryl methyl sites for hydroxylation is 1. The van der Waals surface area contributed by atoms with Crippen LogP contribution in [-0.2, 0) is 9.53 Å². The van der Waals surface area contributed by atoms with Crippen LogP contribution >= 0.6 is 0 Å². The lowest BCUT2D eigenvalue weighted by Gasteiger charge is -2.10. The summed E-state index contributed by atoms with van der Waals surface area (Å²) in [4.78, 5) is 23.3. The minimum atomic E-state index is -0.558. The molecule has 0 fully saturated rings. The third-order valence-electron chi connectivity index (χ3n) is 3.03. The molecular weight excluding hydrogens is 324 g/mol. The number of hydrogen-bond acceptors (Lipinski definition) is 6. The highest BCUT2D eigenvalue weighted by Gasteiger charge is 2.12. The molecule has 25 heavy (non-hydrogen) atoms. The molecule has 1 aromatic carbocycles. The first-order chi connectivity index (χ1) is 12.0. The van der Waals surface area contributed by atoms with Crippen molar-refractivity contribution in [3.8, 4) is 11.8 Å². The van der Waals surface area contributed by atoms with Crippen LogP contribution in [0.15, 0.2) is 30.0 Å². The van der Waals surface area contributed by atoms with Crippen LogP contribution in [0, 0.1) is 18.3 Å². The molecule has 0 unspecified atom stereocenters. The van der Waals surface area contributed by atoms with E-state index in [0.29, 0.717) is 31.1 Å². The van der Waals surface area contributed by atoms with E-state index in [1.807, 2.05) is 19.1 Å². The smallest absolute Gasteiger partial charge is 0.407 e. The summed E-state index contributed by atoms with van der Waals surface area (Å²) < 4.78 is 9.89. The minimum Gasteiger partial charge on any atom is -0.495 e. The molecule has 3 N–H and O–H groups in total. The van der Waals surface area contributed by atoms with Gasteiger partial charge in [-0.15, -0.1) is 0 Å². The zero-order chi connectivity index (χ0) is 18.7. The topological polar surface area (TPSA) is 112 Å². The summed E-state index contributed by atoms with van der Waals surface area (Å²) >= 11 is 0. The number of alkyl carbamates (subject to hydrolysis) is 1. The fourth-order valence-electron chi connectivity index (χ4n) is 1.85. The molecule has 1 aromatic rings. The molecule has 8 heteroatoms. The molecule has 1 rings (SSSR count). The third-order valence-corrected chi connectivity index (χ3v) is 3.03. The average Bonchev–Trinajstić information content (AvgIpc) is 2.58. The Bertz CT molecular complexity index is 680. The summed E-state index contributed by atoms with van der Waals surface area (Å²) in [5, 5.41) is 17.1. The lowest BCUT2D eigenvalue weighted by atomic mass is 10.2. The van der Waals surface area contributed by atoms with Crippen molar-refractivity contribution >= 4 is 17.7 Å². The summed E-state index contributed by atoms with van der Waals surface area (Å²) in [5.41, 5.74) is 1.33. The Balaban J connectivity index is 2.59. The van der Waals surface area contributed by atoms with Gasteiger partial charge in [-0.05, 0) is 31.5 Å². The van der Waals surface area contributed by atoms with Crippen LogP contribution in [0.25, 0.3) is 0 Å². The predicted molar refractivity (Wildman–Crippen MR) is 93.1 cm³/mol. The number of carbonyl (C=O) groups excluding carboxylic acids is 2. The van der Waals surface area contributed by atoms with Crippen LogP contribution in [0.4, 0.5) is 10.5 Å². The Morgan fingerprint density at radius 1 is 1.32 bits per heavy atom. The number of nitrogens with one attached hydrogen (secondary N) is 3. The van der Waals surface area contributed by atoms with E-state index < -0.39 is 12.0 Å². The lowest BCUT2D eigenvalue weighted by molar-refractivity contribution is -0.112. The number of rotatable bonds is 8. The van der Waals surface area contributed by atoms with Gasteiger partial charge < -0.3 is 25.4 Å². The molecule has 0 aliphatic carbocycles. The Labute approximate surface area is 146 Å². The monoisotopic (exact) mass is 346 g/mol. The number of anilines is 1. The SMILES string of the molecule is CCOC(=O)NCCN/C=C(/C#N)C(=O)Nc1cc(C)ccc1OC. The number of ether oxygens (including phenoxy) is 2. The summed E-state index contributed by atoms with van der Waals surface area (Å²) in [6.07, 6.45) is 0.780. The fourth-order valence-corrected chi connectivity index (χ4v) is 1.85. The van der Waals surface area contributed by atoms with Gasteiger partial charge in [0.15, 0.2) is 0 Å². The van der Waals surface area contributed by atoms with Crippen molar-refractivity contribution in [1.82, 2.24) is 10.6 Å². The quantitative estimate of drug-likeness (QED) is 0.375. The Morgan fingerprint density at radius 2 is 2.08 bits per heavy atom. The predicted octanol–water partition coefficient (Wildman–Crippen LogP) is 1.69. The van der Waals surface area contributed by atoms with Crippen molar-refractivity contribution in [3.05, 3.63) is 35.5 Å². The Kier molecular flexibility index (Phi) is 8.37. The molecule has 0 spiro atoms. The largest absolute Gasteiger partial charge is 0.495 e. The molecule has 134 valence electrons. The van der Waals surface area contributed by atoms with Gasteiger partial charge in [0.1, 0.15) is 17.4 Å². The van der Waals surface area contributed by atoms with Gasteiger partial charge >= 0.3 is 6.09 Å². The lowest BCUT2D eigenvalue weighted by Crippen LogP contribution is -2.31. The second-order valence-corrected chi connectivity index (χ2v) is 4.93. The van der Waals surface area contributed by atoms with Gasteiger partial charge in [-0.1, -0.05) is 6.07 Å². The zero-order valence-electron chi connectivity index (χ0n) is 14.5. The average molecular weight is 346 g/mol. The molecule has 2 amide bonds. The van der Waals surface area contributed by atoms with Gasteiger partial charge in [0.2, 0.25) is 0 Å². The Morgan fingerprint density at radius 3 is 2.72 bits per heavy atom. The molecule has 8 nitrogen and oxygen atoms in total. The van der Waals surface area contributed by atoms with E-state index in [2.05, 4.69) is 16.0 Å².